The fourth-order valence-electron chi connectivity index (χ4n) is 4.58. The van der Waals surface area contributed by atoms with Crippen molar-refractivity contribution in [1.82, 2.24) is 15.7 Å². The Labute approximate surface area is 178 Å². The first-order valence-electron chi connectivity index (χ1n) is 10.6. The molecule has 5 heteroatoms. The van der Waals surface area contributed by atoms with Crippen molar-refractivity contribution >= 4 is 17.6 Å². The van der Waals surface area contributed by atoms with Gasteiger partial charge in [-0.2, -0.15) is 0 Å². The van der Waals surface area contributed by atoms with Crippen LogP contribution in [-0.2, 0) is 11.2 Å². The molecule has 0 saturated carbocycles. The van der Waals surface area contributed by atoms with Crippen LogP contribution >= 0.6 is 0 Å². The van der Waals surface area contributed by atoms with E-state index >= 15 is 0 Å². The summed E-state index contributed by atoms with van der Waals surface area (Å²) in [6.07, 6.45) is 5.17. The summed E-state index contributed by atoms with van der Waals surface area (Å²) in [7, 11) is 0. The molecular weight excluding hydrogens is 374 g/mol. The van der Waals surface area contributed by atoms with E-state index in [1.807, 2.05) is 12.1 Å². The van der Waals surface area contributed by atoms with Crippen molar-refractivity contribution in [2.24, 2.45) is 0 Å². The number of piperazine rings is 1. The Balaban J connectivity index is 1.44. The zero-order valence-electron chi connectivity index (χ0n) is 17.4. The molecule has 1 amide bonds. The molecule has 4 rings (SSSR count). The summed E-state index contributed by atoms with van der Waals surface area (Å²) < 4.78 is 0. The molecule has 3 N–H and O–H groups in total. The van der Waals surface area contributed by atoms with E-state index in [-0.39, 0.29) is 0 Å². The summed E-state index contributed by atoms with van der Waals surface area (Å²) in [5, 5.41) is 12.1. The quantitative estimate of drug-likeness (QED) is 0.392. The normalized spacial score (nSPS) is 19.3. The van der Waals surface area contributed by atoms with E-state index in [2.05, 4.69) is 53.5 Å². The maximum Gasteiger partial charge on any atom is 0.267 e. The average molecular weight is 404 g/mol. The van der Waals surface area contributed by atoms with E-state index in [1.165, 1.54) is 33.9 Å². The van der Waals surface area contributed by atoms with Crippen LogP contribution in [0.4, 0.5) is 0 Å². The van der Waals surface area contributed by atoms with Crippen molar-refractivity contribution < 1.29 is 10.0 Å². The SMILES string of the molecule is CC1=C(CCN2CCNCC2c2ccc(/C=C/C(=O)NO)cc2)c2ccccc2C1. The zero-order chi connectivity index (χ0) is 20.9. The molecule has 30 heavy (non-hydrogen) atoms. The average Bonchev–Trinajstić information content (AvgIpc) is 3.11. The maximum absolute atomic E-state index is 11.2. The molecule has 5 nitrogen and oxygen atoms in total. The molecule has 1 fully saturated rings. The van der Waals surface area contributed by atoms with Crippen LogP contribution in [0.5, 0.6) is 0 Å². The number of carbonyl (C=O) groups is 1. The Morgan fingerprint density at radius 1 is 1.23 bits per heavy atom. The van der Waals surface area contributed by atoms with Crippen LogP contribution in [0.1, 0.15) is 41.6 Å². The van der Waals surface area contributed by atoms with E-state index in [0.717, 1.165) is 44.6 Å². The van der Waals surface area contributed by atoms with Gasteiger partial charge in [0.1, 0.15) is 0 Å². The predicted molar refractivity (Wildman–Crippen MR) is 120 cm³/mol. The molecule has 2 aromatic carbocycles. The van der Waals surface area contributed by atoms with Crippen molar-refractivity contribution in [2.75, 3.05) is 26.2 Å². The van der Waals surface area contributed by atoms with Crippen LogP contribution in [0.3, 0.4) is 0 Å². The third-order valence-corrected chi connectivity index (χ3v) is 6.18. The van der Waals surface area contributed by atoms with E-state index in [4.69, 9.17) is 5.21 Å². The number of hydrogen-bond acceptors (Lipinski definition) is 4. The number of nitrogens with one attached hydrogen (secondary N) is 2. The van der Waals surface area contributed by atoms with Crippen LogP contribution in [0.15, 0.2) is 60.2 Å². The molecule has 0 radical (unpaired) electrons. The van der Waals surface area contributed by atoms with Gasteiger partial charge in [0.25, 0.3) is 5.91 Å². The monoisotopic (exact) mass is 403 g/mol. The number of allylic oxidation sites excluding steroid dienone is 1. The first-order chi connectivity index (χ1) is 14.7. The molecule has 1 saturated heterocycles. The highest BCUT2D eigenvalue weighted by molar-refractivity contribution is 5.90. The number of fused-ring (bicyclic) bond motifs is 1. The van der Waals surface area contributed by atoms with Gasteiger partial charge in [-0.05, 0) is 53.7 Å². The lowest BCUT2D eigenvalue weighted by Crippen LogP contribution is -2.46. The number of rotatable bonds is 6. The second-order valence-electron chi connectivity index (χ2n) is 8.07. The highest BCUT2D eigenvalue weighted by Crippen LogP contribution is 2.35. The number of nitrogens with zero attached hydrogens (tertiary/aromatic N) is 1. The topological polar surface area (TPSA) is 64.6 Å². The molecule has 1 aliphatic carbocycles. The molecule has 0 bridgehead atoms. The van der Waals surface area contributed by atoms with Gasteiger partial charge in [-0.15, -0.1) is 0 Å². The predicted octanol–water partition coefficient (Wildman–Crippen LogP) is 3.57. The summed E-state index contributed by atoms with van der Waals surface area (Å²) in [4.78, 5) is 13.7. The van der Waals surface area contributed by atoms with E-state index in [1.54, 1.807) is 11.6 Å². The Bertz CT molecular complexity index is 963. The smallest absolute Gasteiger partial charge is 0.267 e. The van der Waals surface area contributed by atoms with Crippen molar-refractivity contribution in [2.45, 2.75) is 25.8 Å². The number of benzene rings is 2. The Morgan fingerprint density at radius 2 is 2.03 bits per heavy atom. The minimum Gasteiger partial charge on any atom is -0.314 e. The summed E-state index contributed by atoms with van der Waals surface area (Å²) in [5.74, 6) is -0.528. The molecule has 2 aliphatic rings. The highest BCUT2D eigenvalue weighted by Gasteiger charge is 2.25. The van der Waals surface area contributed by atoms with Crippen LogP contribution in [0.2, 0.25) is 0 Å². The van der Waals surface area contributed by atoms with Crippen molar-refractivity contribution in [3.8, 4) is 0 Å². The molecular formula is C25H29N3O2. The van der Waals surface area contributed by atoms with Gasteiger partial charge < -0.3 is 5.32 Å². The van der Waals surface area contributed by atoms with Gasteiger partial charge in [-0.25, -0.2) is 5.48 Å². The molecule has 1 aliphatic heterocycles. The number of hydroxylamine groups is 1. The summed E-state index contributed by atoms with van der Waals surface area (Å²) in [6, 6.07) is 17.4. The fraction of sp³-hybridized carbons (Fsp3) is 0.320. The molecule has 0 aromatic heterocycles. The molecule has 1 atom stereocenters. The second kappa shape index (κ2) is 9.39. The summed E-state index contributed by atoms with van der Waals surface area (Å²) in [5.41, 5.74) is 9.74. The first-order valence-corrected chi connectivity index (χ1v) is 10.6. The lowest BCUT2D eigenvalue weighted by atomic mass is 9.99. The van der Waals surface area contributed by atoms with E-state index in [9.17, 15) is 4.79 Å². The number of carbonyl (C=O) groups excluding carboxylic acids is 1. The molecule has 2 aromatic rings. The van der Waals surface area contributed by atoms with Crippen LogP contribution < -0.4 is 10.8 Å². The molecule has 1 unspecified atom stereocenters. The Morgan fingerprint density at radius 3 is 2.83 bits per heavy atom. The van der Waals surface area contributed by atoms with Crippen LogP contribution in [0, 0.1) is 0 Å². The lowest BCUT2D eigenvalue weighted by Gasteiger charge is -2.37. The van der Waals surface area contributed by atoms with Gasteiger partial charge in [0.05, 0.1) is 0 Å². The highest BCUT2D eigenvalue weighted by atomic mass is 16.5. The van der Waals surface area contributed by atoms with Gasteiger partial charge in [0.2, 0.25) is 0 Å². The number of hydrogen-bond donors (Lipinski definition) is 3. The maximum atomic E-state index is 11.2. The second-order valence-corrected chi connectivity index (χ2v) is 8.07. The third-order valence-electron chi connectivity index (χ3n) is 6.18. The van der Waals surface area contributed by atoms with Gasteiger partial charge >= 0.3 is 0 Å². The summed E-state index contributed by atoms with van der Waals surface area (Å²) >= 11 is 0. The van der Waals surface area contributed by atoms with E-state index in [0.29, 0.717) is 6.04 Å². The Hall–Kier alpha value is -2.73. The third kappa shape index (κ3) is 4.54. The lowest BCUT2D eigenvalue weighted by molar-refractivity contribution is -0.124. The standard InChI is InChI=1S/C25H29N3O2/c1-18-16-21-4-2-3-5-23(21)22(18)12-14-28-15-13-26-17-24(28)20-9-6-19(7-10-20)8-11-25(29)27-30/h2-11,24,26,30H,12-17H2,1H3,(H,27,29)/b11-8+. The first kappa shape index (κ1) is 20.5. The molecule has 156 valence electrons. The number of amides is 1. The van der Waals surface area contributed by atoms with Crippen LogP contribution in [0.25, 0.3) is 11.6 Å². The van der Waals surface area contributed by atoms with Gasteiger partial charge in [-0.3, -0.25) is 14.9 Å². The minimum absolute atomic E-state index is 0.343. The van der Waals surface area contributed by atoms with Gasteiger partial charge in [0.15, 0.2) is 0 Å². The van der Waals surface area contributed by atoms with Crippen molar-refractivity contribution in [3.05, 3.63) is 82.4 Å². The van der Waals surface area contributed by atoms with Crippen molar-refractivity contribution in [1.29, 1.82) is 0 Å². The molecule has 1 heterocycles. The van der Waals surface area contributed by atoms with Gasteiger partial charge in [0, 0.05) is 38.3 Å². The minimum atomic E-state index is -0.528. The molecule has 0 spiro atoms. The summed E-state index contributed by atoms with van der Waals surface area (Å²) in [6.45, 7) is 6.31. The van der Waals surface area contributed by atoms with Crippen LogP contribution in [-0.4, -0.2) is 42.2 Å². The fourth-order valence-corrected chi connectivity index (χ4v) is 4.58. The van der Waals surface area contributed by atoms with Crippen molar-refractivity contribution in [3.63, 3.8) is 0 Å². The zero-order valence-corrected chi connectivity index (χ0v) is 17.4. The van der Waals surface area contributed by atoms with E-state index < -0.39 is 5.91 Å². The Kier molecular flexibility index (Phi) is 6.43. The largest absolute Gasteiger partial charge is 0.314 e. The van der Waals surface area contributed by atoms with Gasteiger partial charge in [-0.1, -0.05) is 54.1 Å².